The fourth-order valence-corrected chi connectivity index (χ4v) is 2.28. The molecule has 0 aliphatic carbocycles. The lowest BCUT2D eigenvalue weighted by Gasteiger charge is -2.24. The molecule has 2 atom stereocenters. The van der Waals surface area contributed by atoms with Gasteiger partial charge in [0.1, 0.15) is 11.5 Å². The lowest BCUT2D eigenvalue weighted by atomic mass is 10.0. The summed E-state index contributed by atoms with van der Waals surface area (Å²) in [5, 5.41) is 12.2. The van der Waals surface area contributed by atoms with Gasteiger partial charge < -0.3 is 15.3 Å². The summed E-state index contributed by atoms with van der Waals surface area (Å²) in [6, 6.07) is -0.113. The molecule has 1 fully saturated rings. The van der Waals surface area contributed by atoms with Gasteiger partial charge in [0.2, 0.25) is 0 Å². The molecule has 1 aromatic heterocycles. The molecule has 2 N–H and O–H groups in total. The van der Waals surface area contributed by atoms with Crippen molar-refractivity contribution in [2.45, 2.75) is 19.4 Å². The maximum atomic E-state index is 12.3. The summed E-state index contributed by atoms with van der Waals surface area (Å²) >= 11 is 0. The van der Waals surface area contributed by atoms with Crippen LogP contribution in [0.2, 0.25) is 0 Å². The number of aromatic nitrogens is 2. The summed E-state index contributed by atoms with van der Waals surface area (Å²) < 4.78 is 0. The zero-order valence-electron chi connectivity index (χ0n) is 10.6. The minimum Gasteiger partial charge on any atom is -0.394 e. The monoisotopic (exact) mass is 250 g/mol. The molecule has 6 heteroatoms. The van der Waals surface area contributed by atoms with E-state index >= 15 is 0 Å². The molecule has 1 amide bonds. The third-order valence-corrected chi connectivity index (χ3v) is 3.44. The molecule has 98 valence electrons. The van der Waals surface area contributed by atoms with Crippen LogP contribution in [0.25, 0.3) is 0 Å². The highest BCUT2D eigenvalue weighted by atomic mass is 16.3. The van der Waals surface area contributed by atoms with E-state index in [0.29, 0.717) is 24.0 Å². The van der Waals surface area contributed by atoms with Crippen LogP contribution in [-0.2, 0) is 0 Å². The molecule has 0 radical (unpaired) electrons. The van der Waals surface area contributed by atoms with Crippen LogP contribution in [0.5, 0.6) is 0 Å². The number of rotatable bonds is 3. The third kappa shape index (κ3) is 2.28. The van der Waals surface area contributed by atoms with Crippen molar-refractivity contribution >= 4 is 11.7 Å². The van der Waals surface area contributed by atoms with E-state index in [1.807, 2.05) is 6.92 Å². The van der Waals surface area contributed by atoms with Crippen molar-refractivity contribution in [3.8, 4) is 0 Å². The summed E-state index contributed by atoms with van der Waals surface area (Å²) in [5.74, 6) is 0.719. The molecular formula is C12H18N4O2. The van der Waals surface area contributed by atoms with Gasteiger partial charge in [-0.3, -0.25) is 9.78 Å². The average molecular weight is 250 g/mol. The van der Waals surface area contributed by atoms with Crippen molar-refractivity contribution in [3.63, 3.8) is 0 Å². The molecule has 0 spiro atoms. The van der Waals surface area contributed by atoms with Crippen LogP contribution in [0, 0.1) is 5.92 Å². The number of aliphatic hydroxyl groups is 1. The molecule has 0 bridgehead atoms. The zero-order valence-corrected chi connectivity index (χ0v) is 10.6. The second-order valence-electron chi connectivity index (χ2n) is 4.55. The SMILES string of the molecule is CNc1cncc(C(=O)N2CCC(C)C2CO)n1. The number of hydrogen-bond acceptors (Lipinski definition) is 5. The van der Waals surface area contributed by atoms with E-state index < -0.39 is 0 Å². The minimum absolute atomic E-state index is 0.00788. The van der Waals surface area contributed by atoms with Gasteiger partial charge in [0.25, 0.3) is 5.91 Å². The summed E-state index contributed by atoms with van der Waals surface area (Å²) in [4.78, 5) is 22.2. The summed E-state index contributed by atoms with van der Waals surface area (Å²) in [7, 11) is 1.73. The molecule has 1 aliphatic heterocycles. The normalized spacial score (nSPS) is 23.2. The first kappa shape index (κ1) is 12.8. The highest BCUT2D eigenvalue weighted by molar-refractivity contribution is 5.92. The van der Waals surface area contributed by atoms with Gasteiger partial charge in [-0.1, -0.05) is 6.92 Å². The summed E-state index contributed by atoms with van der Waals surface area (Å²) in [6.45, 7) is 2.70. The van der Waals surface area contributed by atoms with E-state index in [1.54, 1.807) is 18.1 Å². The number of nitrogens with one attached hydrogen (secondary N) is 1. The van der Waals surface area contributed by atoms with Gasteiger partial charge >= 0.3 is 0 Å². The van der Waals surface area contributed by atoms with Gasteiger partial charge in [0.15, 0.2) is 0 Å². The summed E-state index contributed by atoms with van der Waals surface area (Å²) in [5.41, 5.74) is 0.314. The molecule has 0 aromatic carbocycles. The van der Waals surface area contributed by atoms with Gasteiger partial charge in [-0.2, -0.15) is 0 Å². The quantitative estimate of drug-likeness (QED) is 0.810. The Morgan fingerprint density at radius 3 is 3.06 bits per heavy atom. The van der Waals surface area contributed by atoms with Gasteiger partial charge in [-0.25, -0.2) is 4.98 Å². The van der Waals surface area contributed by atoms with Crippen LogP contribution in [-0.4, -0.2) is 52.1 Å². The first-order valence-electron chi connectivity index (χ1n) is 6.09. The molecule has 2 unspecified atom stereocenters. The van der Waals surface area contributed by atoms with E-state index in [1.165, 1.54) is 6.20 Å². The Bertz CT molecular complexity index is 438. The van der Waals surface area contributed by atoms with Gasteiger partial charge in [-0.15, -0.1) is 0 Å². The number of anilines is 1. The lowest BCUT2D eigenvalue weighted by Crippen LogP contribution is -2.40. The molecule has 2 rings (SSSR count). The number of carbonyl (C=O) groups is 1. The van der Waals surface area contributed by atoms with Crippen molar-refractivity contribution in [2.75, 3.05) is 25.5 Å². The Balaban J connectivity index is 2.20. The van der Waals surface area contributed by atoms with Crippen LogP contribution in [0.15, 0.2) is 12.4 Å². The van der Waals surface area contributed by atoms with E-state index in [9.17, 15) is 9.90 Å². The maximum Gasteiger partial charge on any atom is 0.274 e. The molecule has 2 heterocycles. The van der Waals surface area contributed by atoms with E-state index in [0.717, 1.165) is 6.42 Å². The Labute approximate surface area is 106 Å². The Hall–Kier alpha value is -1.69. The number of aliphatic hydroxyl groups excluding tert-OH is 1. The Kier molecular flexibility index (Phi) is 3.76. The largest absolute Gasteiger partial charge is 0.394 e. The standard InChI is InChI=1S/C12H18N4O2/c1-8-3-4-16(10(8)7-17)12(18)9-5-14-6-11(13-2)15-9/h5-6,8,10,17H,3-4,7H2,1-2H3,(H,13,15). The fraction of sp³-hybridized carbons (Fsp3) is 0.583. The Morgan fingerprint density at radius 1 is 1.61 bits per heavy atom. The van der Waals surface area contributed by atoms with Crippen LogP contribution in [0.3, 0.4) is 0 Å². The van der Waals surface area contributed by atoms with Crippen molar-refractivity contribution < 1.29 is 9.90 Å². The van der Waals surface area contributed by atoms with Crippen LogP contribution >= 0.6 is 0 Å². The molecule has 18 heavy (non-hydrogen) atoms. The lowest BCUT2D eigenvalue weighted by molar-refractivity contribution is 0.0642. The molecule has 1 aliphatic rings. The van der Waals surface area contributed by atoms with Crippen molar-refractivity contribution in [1.82, 2.24) is 14.9 Å². The highest BCUT2D eigenvalue weighted by Crippen LogP contribution is 2.24. The molecule has 0 saturated carbocycles. The van der Waals surface area contributed by atoms with Gasteiger partial charge in [-0.05, 0) is 12.3 Å². The first-order valence-corrected chi connectivity index (χ1v) is 6.09. The van der Waals surface area contributed by atoms with Crippen molar-refractivity contribution in [1.29, 1.82) is 0 Å². The fourth-order valence-electron chi connectivity index (χ4n) is 2.28. The maximum absolute atomic E-state index is 12.3. The molecule has 6 nitrogen and oxygen atoms in total. The van der Waals surface area contributed by atoms with Gasteiger partial charge in [0.05, 0.1) is 25.0 Å². The number of nitrogens with zero attached hydrogens (tertiary/aromatic N) is 3. The highest BCUT2D eigenvalue weighted by Gasteiger charge is 2.34. The summed E-state index contributed by atoms with van der Waals surface area (Å²) in [6.07, 6.45) is 3.93. The van der Waals surface area contributed by atoms with Crippen molar-refractivity contribution in [2.24, 2.45) is 5.92 Å². The predicted octanol–water partition coefficient (Wildman–Crippen LogP) is 0.361. The number of amides is 1. The predicted molar refractivity (Wildman–Crippen MR) is 67.3 cm³/mol. The Morgan fingerprint density at radius 2 is 2.39 bits per heavy atom. The number of likely N-dealkylation sites (tertiary alicyclic amines) is 1. The van der Waals surface area contributed by atoms with Crippen LogP contribution in [0.4, 0.5) is 5.82 Å². The van der Waals surface area contributed by atoms with Crippen LogP contribution < -0.4 is 5.32 Å². The number of carbonyl (C=O) groups excluding carboxylic acids is 1. The van der Waals surface area contributed by atoms with E-state index in [2.05, 4.69) is 15.3 Å². The first-order chi connectivity index (χ1) is 8.67. The van der Waals surface area contributed by atoms with Crippen LogP contribution in [0.1, 0.15) is 23.8 Å². The van der Waals surface area contributed by atoms with E-state index in [4.69, 9.17) is 0 Å². The minimum atomic E-state index is -0.164. The third-order valence-electron chi connectivity index (χ3n) is 3.44. The van der Waals surface area contributed by atoms with E-state index in [-0.39, 0.29) is 18.6 Å². The molecule has 1 saturated heterocycles. The van der Waals surface area contributed by atoms with Crippen molar-refractivity contribution in [3.05, 3.63) is 18.1 Å². The second kappa shape index (κ2) is 5.30. The number of hydrogen-bond donors (Lipinski definition) is 2. The zero-order chi connectivity index (χ0) is 13.1. The topological polar surface area (TPSA) is 78.4 Å². The molecular weight excluding hydrogens is 232 g/mol. The second-order valence-corrected chi connectivity index (χ2v) is 4.55. The molecule has 1 aromatic rings. The smallest absolute Gasteiger partial charge is 0.274 e. The average Bonchev–Trinajstić information content (AvgIpc) is 2.79. The van der Waals surface area contributed by atoms with Gasteiger partial charge in [0, 0.05) is 13.6 Å².